The third-order valence-corrected chi connectivity index (χ3v) is 5.33. The minimum Gasteiger partial charge on any atom is -0.495 e. The fraction of sp³-hybridized carbons (Fsp3) is 0.579. The number of hydrogen-bond acceptors (Lipinski definition) is 5. The van der Waals surface area contributed by atoms with Crippen molar-refractivity contribution in [1.82, 2.24) is 9.80 Å². The number of para-hydroxylation sites is 2. The lowest BCUT2D eigenvalue weighted by atomic mass is 9.97. The van der Waals surface area contributed by atoms with Crippen LogP contribution in [0, 0.1) is 5.92 Å². The van der Waals surface area contributed by atoms with E-state index in [-0.39, 0.29) is 17.7 Å². The number of ether oxygens (including phenoxy) is 1. The van der Waals surface area contributed by atoms with Crippen LogP contribution in [0.5, 0.6) is 5.75 Å². The fourth-order valence-electron chi connectivity index (χ4n) is 3.77. The van der Waals surface area contributed by atoms with Crippen molar-refractivity contribution in [1.29, 1.82) is 0 Å². The summed E-state index contributed by atoms with van der Waals surface area (Å²) in [6.07, 6.45) is 1.64. The lowest BCUT2D eigenvalue weighted by Gasteiger charge is -2.38. The van der Waals surface area contributed by atoms with Crippen LogP contribution in [0.1, 0.15) is 12.8 Å². The number of methoxy groups -OCH3 is 1. The summed E-state index contributed by atoms with van der Waals surface area (Å²) < 4.78 is 5.44. The Hall–Kier alpha value is -2.28. The Morgan fingerprint density at radius 3 is 2.58 bits per heavy atom. The zero-order valence-electron chi connectivity index (χ0n) is 15.4. The molecule has 1 unspecified atom stereocenters. The summed E-state index contributed by atoms with van der Waals surface area (Å²) in [6.45, 7) is 4.98. The van der Waals surface area contributed by atoms with Crippen LogP contribution in [-0.4, -0.2) is 74.5 Å². The number of amides is 2. The number of nitrogens with zero attached hydrogens (tertiary/aromatic N) is 3. The first-order chi connectivity index (χ1) is 12.6. The minimum atomic E-state index is -0.298. The van der Waals surface area contributed by atoms with Gasteiger partial charge in [-0.1, -0.05) is 12.1 Å². The molecule has 3 rings (SSSR count). The van der Waals surface area contributed by atoms with E-state index in [1.54, 1.807) is 12.0 Å². The Bertz CT molecular complexity index is 643. The van der Waals surface area contributed by atoms with Gasteiger partial charge in [-0.2, -0.15) is 0 Å². The van der Waals surface area contributed by atoms with Crippen LogP contribution < -0.4 is 15.4 Å². The van der Waals surface area contributed by atoms with Crippen LogP contribution in [0.4, 0.5) is 5.69 Å². The summed E-state index contributed by atoms with van der Waals surface area (Å²) in [4.78, 5) is 30.3. The van der Waals surface area contributed by atoms with E-state index in [2.05, 4.69) is 15.9 Å². The van der Waals surface area contributed by atoms with Crippen LogP contribution in [0.2, 0.25) is 0 Å². The van der Waals surface area contributed by atoms with Crippen molar-refractivity contribution in [3.8, 4) is 5.75 Å². The molecule has 1 aromatic rings. The second-order valence-electron chi connectivity index (χ2n) is 7.02. The second-order valence-corrected chi connectivity index (χ2v) is 7.02. The Balaban J connectivity index is 1.51. The van der Waals surface area contributed by atoms with Crippen molar-refractivity contribution < 1.29 is 14.3 Å². The molecule has 0 saturated carbocycles. The SMILES string of the molecule is COc1ccccc1N1CCN(CC(=O)N2CCCC(C(N)=O)C2)CC1. The summed E-state index contributed by atoms with van der Waals surface area (Å²) in [5.74, 6) is 0.479. The zero-order chi connectivity index (χ0) is 18.5. The van der Waals surface area contributed by atoms with Crippen LogP contribution in [0.3, 0.4) is 0 Å². The van der Waals surface area contributed by atoms with Gasteiger partial charge in [-0.3, -0.25) is 14.5 Å². The summed E-state index contributed by atoms with van der Waals surface area (Å²) in [6, 6.07) is 8.02. The van der Waals surface area contributed by atoms with Crippen molar-refractivity contribution in [2.24, 2.45) is 11.7 Å². The highest BCUT2D eigenvalue weighted by molar-refractivity contribution is 5.81. The number of primary amides is 1. The number of hydrogen-bond donors (Lipinski definition) is 1. The molecule has 2 amide bonds. The highest BCUT2D eigenvalue weighted by Crippen LogP contribution is 2.28. The number of rotatable bonds is 5. The second kappa shape index (κ2) is 8.40. The van der Waals surface area contributed by atoms with Crippen molar-refractivity contribution >= 4 is 17.5 Å². The molecule has 0 spiro atoms. The average molecular weight is 360 g/mol. The van der Waals surface area contributed by atoms with E-state index in [9.17, 15) is 9.59 Å². The van der Waals surface area contributed by atoms with Gasteiger partial charge in [0.15, 0.2) is 0 Å². The summed E-state index contributed by atoms with van der Waals surface area (Å²) in [5.41, 5.74) is 6.50. The van der Waals surface area contributed by atoms with E-state index in [0.29, 0.717) is 13.1 Å². The largest absolute Gasteiger partial charge is 0.495 e. The Morgan fingerprint density at radius 2 is 1.88 bits per heavy atom. The maximum atomic E-state index is 12.6. The number of piperidine rings is 1. The van der Waals surface area contributed by atoms with Gasteiger partial charge in [-0.25, -0.2) is 0 Å². The van der Waals surface area contributed by atoms with Gasteiger partial charge in [0, 0.05) is 39.3 Å². The van der Waals surface area contributed by atoms with E-state index in [4.69, 9.17) is 10.5 Å². The molecule has 2 saturated heterocycles. The van der Waals surface area contributed by atoms with Gasteiger partial charge in [0.2, 0.25) is 11.8 Å². The normalized spacial score (nSPS) is 21.5. The van der Waals surface area contributed by atoms with Crippen LogP contribution in [0.15, 0.2) is 24.3 Å². The van der Waals surface area contributed by atoms with Gasteiger partial charge in [0.1, 0.15) is 5.75 Å². The van der Waals surface area contributed by atoms with Crippen molar-refractivity contribution in [2.75, 3.05) is 57.8 Å². The van der Waals surface area contributed by atoms with Gasteiger partial charge in [-0.05, 0) is 25.0 Å². The molecular weight excluding hydrogens is 332 g/mol. The number of anilines is 1. The van der Waals surface area contributed by atoms with E-state index < -0.39 is 0 Å². The van der Waals surface area contributed by atoms with Crippen LogP contribution >= 0.6 is 0 Å². The van der Waals surface area contributed by atoms with Gasteiger partial charge >= 0.3 is 0 Å². The smallest absolute Gasteiger partial charge is 0.236 e. The maximum Gasteiger partial charge on any atom is 0.236 e. The van der Waals surface area contributed by atoms with Gasteiger partial charge in [-0.15, -0.1) is 0 Å². The Labute approximate surface area is 154 Å². The predicted molar refractivity (Wildman–Crippen MR) is 100 cm³/mol. The highest BCUT2D eigenvalue weighted by Gasteiger charge is 2.28. The molecule has 0 bridgehead atoms. The molecule has 2 N–H and O–H groups in total. The molecule has 1 atom stereocenters. The molecule has 7 nitrogen and oxygen atoms in total. The maximum absolute atomic E-state index is 12.6. The molecule has 1 aromatic carbocycles. The van der Waals surface area contributed by atoms with E-state index in [1.807, 2.05) is 18.2 Å². The van der Waals surface area contributed by atoms with Crippen LogP contribution in [-0.2, 0) is 9.59 Å². The molecule has 7 heteroatoms. The standard InChI is InChI=1S/C19H28N4O3/c1-26-17-7-3-2-6-16(17)22-11-9-21(10-12-22)14-18(24)23-8-4-5-15(13-23)19(20)25/h2-3,6-7,15H,4-5,8-14H2,1H3,(H2,20,25). The number of carbonyl (C=O) groups excluding carboxylic acids is 2. The lowest BCUT2D eigenvalue weighted by Crippen LogP contribution is -2.52. The molecule has 2 heterocycles. The van der Waals surface area contributed by atoms with E-state index in [1.165, 1.54) is 0 Å². The first kappa shape index (κ1) is 18.5. The van der Waals surface area contributed by atoms with Gasteiger partial charge in [0.25, 0.3) is 0 Å². The number of likely N-dealkylation sites (tertiary alicyclic amines) is 1. The predicted octanol–water partition coefficient (Wildman–Crippen LogP) is 0.541. The third kappa shape index (κ3) is 4.27. The third-order valence-electron chi connectivity index (χ3n) is 5.33. The highest BCUT2D eigenvalue weighted by atomic mass is 16.5. The molecule has 26 heavy (non-hydrogen) atoms. The first-order valence-corrected chi connectivity index (χ1v) is 9.26. The topological polar surface area (TPSA) is 79.1 Å². The summed E-state index contributed by atoms with van der Waals surface area (Å²) >= 11 is 0. The van der Waals surface area contributed by atoms with Crippen molar-refractivity contribution in [3.63, 3.8) is 0 Å². The van der Waals surface area contributed by atoms with E-state index in [0.717, 1.165) is 57.0 Å². The number of piperazine rings is 1. The quantitative estimate of drug-likeness (QED) is 0.829. The van der Waals surface area contributed by atoms with E-state index >= 15 is 0 Å². The molecule has 2 aliphatic rings. The average Bonchev–Trinajstić information content (AvgIpc) is 2.68. The number of benzene rings is 1. The molecule has 0 aromatic heterocycles. The van der Waals surface area contributed by atoms with Crippen molar-refractivity contribution in [2.45, 2.75) is 12.8 Å². The molecular formula is C19H28N4O3. The summed E-state index contributed by atoms with van der Waals surface area (Å²) in [7, 11) is 1.69. The fourth-order valence-corrected chi connectivity index (χ4v) is 3.77. The first-order valence-electron chi connectivity index (χ1n) is 9.26. The number of nitrogens with two attached hydrogens (primary N) is 1. The molecule has 2 aliphatic heterocycles. The monoisotopic (exact) mass is 360 g/mol. The minimum absolute atomic E-state index is 0.0988. The van der Waals surface area contributed by atoms with Crippen LogP contribution in [0.25, 0.3) is 0 Å². The van der Waals surface area contributed by atoms with Crippen molar-refractivity contribution in [3.05, 3.63) is 24.3 Å². The zero-order valence-corrected chi connectivity index (χ0v) is 15.4. The van der Waals surface area contributed by atoms with Gasteiger partial charge < -0.3 is 20.3 Å². The van der Waals surface area contributed by atoms with Gasteiger partial charge in [0.05, 0.1) is 25.3 Å². The Kier molecular flexibility index (Phi) is 5.98. The Morgan fingerprint density at radius 1 is 1.15 bits per heavy atom. The summed E-state index contributed by atoms with van der Waals surface area (Å²) in [5, 5.41) is 0. The molecule has 142 valence electrons. The molecule has 2 fully saturated rings. The molecule has 0 aliphatic carbocycles. The number of carbonyl (C=O) groups is 2. The lowest BCUT2D eigenvalue weighted by molar-refractivity contribution is -0.136. The molecule has 0 radical (unpaired) electrons.